The molecule has 0 spiro atoms. The topological polar surface area (TPSA) is 44.5 Å². The number of hydrogen-bond acceptors (Lipinski definition) is 3. The Labute approximate surface area is 170 Å². The predicted molar refractivity (Wildman–Crippen MR) is 107 cm³/mol. The van der Waals surface area contributed by atoms with Gasteiger partial charge in [0.2, 0.25) is 0 Å². The maximum atomic E-state index is 12.4. The van der Waals surface area contributed by atoms with E-state index in [2.05, 4.69) is 29.9 Å². The van der Waals surface area contributed by atoms with Gasteiger partial charge in [0.1, 0.15) is 11.5 Å². The maximum Gasteiger partial charge on any atom is 0.573 e. The van der Waals surface area contributed by atoms with Crippen LogP contribution in [0.1, 0.15) is 48.8 Å². The summed E-state index contributed by atoms with van der Waals surface area (Å²) in [6.07, 6.45) is 0.407. The van der Waals surface area contributed by atoms with Crippen LogP contribution in [0.2, 0.25) is 0 Å². The smallest absolute Gasteiger partial charge is 0.493 e. The molecule has 0 bridgehead atoms. The Morgan fingerprint density at radius 3 is 2.62 bits per heavy atom. The summed E-state index contributed by atoms with van der Waals surface area (Å²) >= 11 is 0. The molecule has 2 unspecified atom stereocenters. The highest BCUT2D eigenvalue weighted by molar-refractivity contribution is 5.36. The molecule has 0 fully saturated rings. The molecule has 2 aromatic carbocycles. The van der Waals surface area contributed by atoms with Crippen LogP contribution >= 0.6 is 0 Å². The van der Waals surface area contributed by atoms with E-state index in [9.17, 15) is 13.2 Å². The van der Waals surface area contributed by atoms with Crippen LogP contribution in [-0.2, 0) is 12.8 Å². The van der Waals surface area contributed by atoms with Gasteiger partial charge in [-0.3, -0.25) is 0 Å². The first-order chi connectivity index (χ1) is 13.9. The third kappa shape index (κ3) is 6.13. The molecule has 29 heavy (non-hydrogen) atoms. The maximum absolute atomic E-state index is 12.4. The molecular weight excluding hydrogens is 379 g/mol. The molecule has 1 aliphatic carbocycles. The number of fused-ring (bicyclic) bond motifs is 1. The standard InChI is InChI=1S/C23H28F3NO2/c1-2-4-20(14-27)19-10-9-17-11-16(7-8-18(17)12-19)15-28-21-5-3-6-22(13-21)29-23(24,25)26/h3,5-6,9-10,12-13,16,20H,2,4,7-8,11,14-15,27H2,1H3. The molecule has 0 radical (unpaired) electrons. The lowest BCUT2D eigenvalue weighted by Gasteiger charge is -2.26. The molecule has 0 aliphatic heterocycles. The number of alkyl halides is 3. The fourth-order valence-corrected chi connectivity index (χ4v) is 3.99. The van der Waals surface area contributed by atoms with E-state index in [1.54, 1.807) is 6.07 Å². The Bertz CT molecular complexity index is 807. The van der Waals surface area contributed by atoms with Crippen molar-refractivity contribution in [2.24, 2.45) is 11.7 Å². The molecule has 0 saturated carbocycles. The van der Waals surface area contributed by atoms with Crippen molar-refractivity contribution in [2.75, 3.05) is 13.2 Å². The van der Waals surface area contributed by atoms with Crippen molar-refractivity contribution in [1.82, 2.24) is 0 Å². The number of hydrogen-bond donors (Lipinski definition) is 1. The van der Waals surface area contributed by atoms with Gasteiger partial charge >= 0.3 is 6.36 Å². The zero-order valence-electron chi connectivity index (χ0n) is 16.7. The van der Waals surface area contributed by atoms with E-state index in [1.807, 2.05) is 0 Å². The summed E-state index contributed by atoms with van der Waals surface area (Å²) in [6.45, 7) is 3.31. The summed E-state index contributed by atoms with van der Waals surface area (Å²) in [6, 6.07) is 12.4. The molecule has 0 amide bonds. The molecular formula is C23H28F3NO2. The second-order valence-corrected chi connectivity index (χ2v) is 7.69. The highest BCUT2D eigenvalue weighted by Crippen LogP contribution is 2.31. The fraction of sp³-hybridized carbons (Fsp3) is 0.478. The Morgan fingerprint density at radius 2 is 1.90 bits per heavy atom. The second kappa shape index (κ2) is 9.53. The van der Waals surface area contributed by atoms with Gasteiger partial charge in [-0.05, 0) is 72.9 Å². The number of aryl methyl sites for hydroxylation is 1. The molecule has 158 valence electrons. The van der Waals surface area contributed by atoms with Gasteiger partial charge < -0.3 is 15.2 Å². The van der Waals surface area contributed by atoms with E-state index in [0.717, 1.165) is 32.1 Å². The zero-order chi connectivity index (χ0) is 20.9. The van der Waals surface area contributed by atoms with Crippen LogP contribution in [0.5, 0.6) is 11.5 Å². The number of ether oxygens (including phenoxy) is 2. The van der Waals surface area contributed by atoms with Crippen LogP contribution in [0.15, 0.2) is 42.5 Å². The summed E-state index contributed by atoms with van der Waals surface area (Å²) in [7, 11) is 0. The summed E-state index contributed by atoms with van der Waals surface area (Å²) in [5.41, 5.74) is 9.98. The van der Waals surface area contributed by atoms with Crippen LogP contribution in [0.25, 0.3) is 0 Å². The lowest BCUT2D eigenvalue weighted by Crippen LogP contribution is -2.21. The lowest BCUT2D eigenvalue weighted by atomic mass is 9.82. The minimum atomic E-state index is -4.70. The van der Waals surface area contributed by atoms with Gasteiger partial charge in [-0.2, -0.15) is 0 Å². The second-order valence-electron chi connectivity index (χ2n) is 7.69. The van der Waals surface area contributed by atoms with Gasteiger partial charge in [-0.15, -0.1) is 13.2 Å². The molecule has 0 saturated heterocycles. The highest BCUT2D eigenvalue weighted by Gasteiger charge is 2.31. The number of benzene rings is 2. The minimum absolute atomic E-state index is 0.266. The summed E-state index contributed by atoms with van der Waals surface area (Å²) in [5.74, 6) is 0.871. The third-order valence-electron chi connectivity index (χ3n) is 5.48. The van der Waals surface area contributed by atoms with Crippen LogP contribution in [0, 0.1) is 5.92 Å². The van der Waals surface area contributed by atoms with Gasteiger partial charge in [0.05, 0.1) is 6.61 Å². The Hall–Kier alpha value is -2.21. The first-order valence-corrected chi connectivity index (χ1v) is 10.2. The first kappa shape index (κ1) is 21.5. The van der Waals surface area contributed by atoms with Crippen molar-refractivity contribution >= 4 is 0 Å². The van der Waals surface area contributed by atoms with E-state index in [-0.39, 0.29) is 5.75 Å². The van der Waals surface area contributed by atoms with Crippen molar-refractivity contribution in [3.63, 3.8) is 0 Å². The van der Waals surface area contributed by atoms with E-state index >= 15 is 0 Å². The molecule has 3 rings (SSSR count). The van der Waals surface area contributed by atoms with E-state index < -0.39 is 6.36 Å². The summed E-state index contributed by atoms with van der Waals surface area (Å²) in [5, 5.41) is 0. The summed E-state index contributed by atoms with van der Waals surface area (Å²) < 4.78 is 46.8. The Morgan fingerprint density at radius 1 is 1.10 bits per heavy atom. The Balaban J connectivity index is 1.58. The van der Waals surface area contributed by atoms with Gasteiger partial charge in [0.15, 0.2) is 0 Å². The Kier molecular flexibility index (Phi) is 7.06. The molecule has 0 aromatic heterocycles. The van der Waals surface area contributed by atoms with Crippen molar-refractivity contribution < 1.29 is 22.6 Å². The first-order valence-electron chi connectivity index (χ1n) is 10.2. The van der Waals surface area contributed by atoms with E-state index in [0.29, 0.717) is 30.7 Å². The van der Waals surface area contributed by atoms with Crippen molar-refractivity contribution in [2.45, 2.75) is 51.3 Å². The fourth-order valence-electron chi connectivity index (χ4n) is 3.99. The van der Waals surface area contributed by atoms with Gasteiger partial charge in [-0.25, -0.2) is 0 Å². The summed E-state index contributed by atoms with van der Waals surface area (Å²) in [4.78, 5) is 0. The van der Waals surface area contributed by atoms with Crippen LogP contribution in [-0.4, -0.2) is 19.5 Å². The molecule has 2 atom stereocenters. The SMILES string of the molecule is CCCC(CN)c1ccc2c(c1)CCC(COc1cccc(OC(F)(F)F)c1)C2. The van der Waals surface area contributed by atoms with E-state index in [4.69, 9.17) is 10.5 Å². The molecule has 2 N–H and O–H groups in total. The molecule has 0 heterocycles. The average molecular weight is 407 g/mol. The predicted octanol–water partition coefficient (Wildman–Crippen LogP) is 5.61. The molecule has 1 aliphatic rings. The number of nitrogens with two attached hydrogens (primary N) is 1. The van der Waals surface area contributed by atoms with Crippen molar-refractivity contribution in [1.29, 1.82) is 0 Å². The molecule has 3 nitrogen and oxygen atoms in total. The van der Waals surface area contributed by atoms with Gasteiger partial charge in [-0.1, -0.05) is 37.6 Å². The molecule has 2 aromatic rings. The van der Waals surface area contributed by atoms with Gasteiger partial charge in [0, 0.05) is 6.07 Å². The van der Waals surface area contributed by atoms with Crippen LogP contribution < -0.4 is 15.2 Å². The van der Waals surface area contributed by atoms with Gasteiger partial charge in [0.25, 0.3) is 0 Å². The van der Waals surface area contributed by atoms with Crippen molar-refractivity contribution in [3.05, 3.63) is 59.2 Å². The number of rotatable bonds is 8. The average Bonchev–Trinajstić information content (AvgIpc) is 2.69. The van der Waals surface area contributed by atoms with Crippen LogP contribution in [0.3, 0.4) is 0 Å². The van der Waals surface area contributed by atoms with E-state index in [1.165, 1.54) is 34.9 Å². The normalized spacial score (nSPS) is 17.5. The zero-order valence-corrected chi connectivity index (χ0v) is 16.7. The quantitative estimate of drug-likeness (QED) is 0.618. The van der Waals surface area contributed by atoms with Crippen LogP contribution in [0.4, 0.5) is 13.2 Å². The largest absolute Gasteiger partial charge is 0.573 e. The third-order valence-corrected chi connectivity index (χ3v) is 5.48. The number of halogens is 3. The van der Waals surface area contributed by atoms with Crippen molar-refractivity contribution in [3.8, 4) is 11.5 Å². The highest BCUT2D eigenvalue weighted by atomic mass is 19.4. The minimum Gasteiger partial charge on any atom is -0.493 e. The lowest BCUT2D eigenvalue weighted by molar-refractivity contribution is -0.274. The molecule has 6 heteroatoms. The monoisotopic (exact) mass is 407 g/mol.